The van der Waals surface area contributed by atoms with Crippen molar-refractivity contribution >= 4 is 21.5 Å². The summed E-state index contributed by atoms with van der Waals surface area (Å²) in [5, 5.41) is 5.96. The van der Waals surface area contributed by atoms with Crippen molar-refractivity contribution in [3.8, 4) is 0 Å². The first kappa shape index (κ1) is 9.52. The summed E-state index contributed by atoms with van der Waals surface area (Å²) in [4.78, 5) is 6.08. The number of aromatic amines is 2. The molecule has 0 bridgehead atoms. The van der Waals surface area contributed by atoms with Gasteiger partial charge in [0.15, 0.2) is 10.8 Å². The standard InChI is InChI=1S/C6H8N6O2S/c7-4-1-10-11-6(4)12-15(13,14)5-2-8-3-9-5/h1-3H,7H2,(H,8,9)(H2,10,11,12). The Bertz CT molecular complexity index is 542. The molecule has 0 radical (unpaired) electrons. The smallest absolute Gasteiger partial charge is 0.280 e. The van der Waals surface area contributed by atoms with Crippen LogP contribution in [0.5, 0.6) is 0 Å². The van der Waals surface area contributed by atoms with Gasteiger partial charge in [-0.1, -0.05) is 0 Å². The Hall–Kier alpha value is -2.03. The lowest BCUT2D eigenvalue weighted by atomic mass is 10.6. The molecule has 0 amide bonds. The molecule has 8 nitrogen and oxygen atoms in total. The minimum Gasteiger partial charge on any atom is -0.394 e. The zero-order valence-electron chi connectivity index (χ0n) is 7.43. The maximum Gasteiger partial charge on any atom is 0.280 e. The first-order valence-corrected chi connectivity index (χ1v) is 5.38. The van der Waals surface area contributed by atoms with E-state index in [9.17, 15) is 8.42 Å². The first-order chi connectivity index (χ1) is 7.09. The van der Waals surface area contributed by atoms with Crippen LogP contribution in [0.2, 0.25) is 0 Å². The Morgan fingerprint density at radius 3 is 2.73 bits per heavy atom. The lowest BCUT2D eigenvalue weighted by Crippen LogP contribution is -2.14. The molecule has 15 heavy (non-hydrogen) atoms. The lowest BCUT2D eigenvalue weighted by Gasteiger charge is -2.03. The highest BCUT2D eigenvalue weighted by molar-refractivity contribution is 7.92. The second-order valence-electron chi connectivity index (χ2n) is 2.72. The molecular weight excluding hydrogens is 220 g/mol. The van der Waals surface area contributed by atoms with Gasteiger partial charge in [0, 0.05) is 0 Å². The summed E-state index contributed by atoms with van der Waals surface area (Å²) < 4.78 is 25.5. The summed E-state index contributed by atoms with van der Waals surface area (Å²) in [6.07, 6.45) is 3.77. The number of imidazole rings is 1. The van der Waals surface area contributed by atoms with E-state index in [2.05, 4.69) is 24.9 Å². The molecule has 0 saturated heterocycles. The van der Waals surface area contributed by atoms with E-state index in [0.29, 0.717) is 0 Å². The van der Waals surface area contributed by atoms with Crippen LogP contribution in [0.15, 0.2) is 23.7 Å². The second-order valence-corrected chi connectivity index (χ2v) is 4.37. The quantitative estimate of drug-likeness (QED) is 0.563. The average molecular weight is 228 g/mol. The molecule has 2 heterocycles. The van der Waals surface area contributed by atoms with E-state index in [1.165, 1.54) is 18.7 Å². The Morgan fingerprint density at radius 2 is 2.20 bits per heavy atom. The summed E-state index contributed by atoms with van der Waals surface area (Å²) in [6.45, 7) is 0. The monoisotopic (exact) mass is 228 g/mol. The van der Waals surface area contributed by atoms with Crippen molar-refractivity contribution < 1.29 is 8.42 Å². The van der Waals surface area contributed by atoms with Crippen molar-refractivity contribution in [1.29, 1.82) is 0 Å². The van der Waals surface area contributed by atoms with Crippen LogP contribution in [0.4, 0.5) is 11.5 Å². The molecule has 0 aliphatic carbocycles. The number of nitrogen functional groups attached to an aromatic ring is 1. The molecule has 0 aliphatic rings. The molecule has 0 spiro atoms. The van der Waals surface area contributed by atoms with Gasteiger partial charge >= 0.3 is 0 Å². The van der Waals surface area contributed by atoms with Crippen molar-refractivity contribution in [2.75, 3.05) is 10.5 Å². The van der Waals surface area contributed by atoms with Gasteiger partial charge in [-0.25, -0.2) is 4.98 Å². The van der Waals surface area contributed by atoms with Crippen molar-refractivity contribution in [3.63, 3.8) is 0 Å². The average Bonchev–Trinajstić information content (AvgIpc) is 2.77. The van der Waals surface area contributed by atoms with Gasteiger partial charge in [0.1, 0.15) is 0 Å². The Labute approximate surface area is 85.0 Å². The normalized spacial score (nSPS) is 11.5. The van der Waals surface area contributed by atoms with Gasteiger partial charge in [-0.15, -0.1) is 0 Å². The molecule has 2 aromatic rings. The highest BCUT2D eigenvalue weighted by atomic mass is 32.2. The highest BCUT2D eigenvalue weighted by Crippen LogP contribution is 2.16. The van der Waals surface area contributed by atoms with Gasteiger partial charge in [0.25, 0.3) is 10.0 Å². The van der Waals surface area contributed by atoms with E-state index < -0.39 is 10.0 Å². The minimum absolute atomic E-state index is 0.0449. The third-order valence-corrected chi connectivity index (χ3v) is 2.94. The molecule has 2 aromatic heterocycles. The van der Waals surface area contributed by atoms with Crippen molar-refractivity contribution in [1.82, 2.24) is 20.2 Å². The maximum atomic E-state index is 11.6. The molecule has 0 unspecified atom stereocenters. The van der Waals surface area contributed by atoms with Crippen LogP contribution in [0.25, 0.3) is 0 Å². The Balaban J connectivity index is 2.31. The van der Waals surface area contributed by atoms with E-state index in [-0.39, 0.29) is 16.5 Å². The van der Waals surface area contributed by atoms with Gasteiger partial charge in [-0.3, -0.25) is 9.82 Å². The first-order valence-electron chi connectivity index (χ1n) is 3.89. The number of anilines is 2. The lowest BCUT2D eigenvalue weighted by molar-refractivity contribution is 0.598. The van der Waals surface area contributed by atoms with Crippen LogP contribution >= 0.6 is 0 Å². The number of aromatic nitrogens is 4. The van der Waals surface area contributed by atoms with Crippen LogP contribution in [0.3, 0.4) is 0 Å². The summed E-state index contributed by atoms with van der Waals surface area (Å²) in [6, 6.07) is 0. The van der Waals surface area contributed by atoms with E-state index in [4.69, 9.17) is 5.73 Å². The third-order valence-electron chi connectivity index (χ3n) is 1.67. The van der Waals surface area contributed by atoms with Gasteiger partial charge in [-0.05, 0) is 0 Å². The summed E-state index contributed by atoms with van der Waals surface area (Å²) >= 11 is 0. The number of sulfonamides is 1. The molecule has 0 fully saturated rings. The number of nitrogens with one attached hydrogen (secondary N) is 3. The van der Waals surface area contributed by atoms with Gasteiger partial charge in [-0.2, -0.15) is 13.5 Å². The van der Waals surface area contributed by atoms with Crippen molar-refractivity contribution in [2.45, 2.75) is 5.03 Å². The van der Waals surface area contributed by atoms with Crippen LogP contribution in [0.1, 0.15) is 0 Å². The van der Waals surface area contributed by atoms with Gasteiger partial charge < -0.3 is 10.7 Å². The van der Waals surface area contributed by atoms with Crippen LogP contribution in [-0.4, -0.2) is 28.6 Å². The zero-order valence-corrected chi connectivity index (χ0v) is 8.25. The fourth-order valence-electron chi connectivity index (χ4n) is 0.957. The molecule has 9 heteroatoms. The largest absolute Gasteiger partial charge is 0.394 e. The minimum atomic E-state index is -3.68. The van der Waals surface area contributed by atoms with Gasteiger partial charge in [0.2, 0.25) is 0 Å². The van der Waals surface area contributed by atoms with Crippen LogP contribution in [-0.2, 0) is 10.0 Å². The number of nitrogens with zero attached hydrogens (tertiary/aromatic N) is 2. The highest BCUT2D eigenvalue weighted by Gasteiger charge is 2.17. The second kappa shape index (κ2) is 3.28. The molecular formula is C6H8N6O2S. The number of hydrogen-bond donors (Lipinski definition) is 4. The Morgan fingerprint density at radius 1 is 1.40 bits per heavy atom. The number of hydrogen-bond acceptors (Lipinski definition) is 5. The SMILES string of the molecule is Nc1cn[nH]c1NS(=O)(=O)c1cnc[nH]1. The van der Waals surface area contributed by atoms with E-state index in [1.807, 2.05) is 0 Å². The number of nitrogens with two attached hydrogens (primary N) is 1. The Kier molecular flexibility index (Phi) is 2.08. The van der Waals surface area contributed by atoms with Crippen LogP contribution in [0, 0.1) is 0 Å². The fraction of sp³-hybridized carbons (Fsp3) is 0. The molecule has 0 aliphatic heterocycles. The molecule has 80 valence electrons. The predicted molar refractivity (Wildman–Crippen MR) is 52.4 cm³/mol. The molecule has 0 saturated carbocycles. The van der Waals surface area contributed by atoms with E-state index in [0.717, 1.165) is 0 Å². The van der Waals surface area contributed by atoms with E-state index in [1.54, 1.807) is 0 Å². The predicted octanol–water partition coefficient (Wildman–Crippen LogP) is -0.484. The summed E-state index contributed by atoms with van der Waals surface area (Å²) in [5.41, 5.74) is 5.68. The summed E-state index contributed by atoms with van der Waals surface area (Å²) in [7, 11) is -3.68. The summed E-state index contributed by atoms with van der Waals surface area (Å²) in [5.74, 6) is 0.129. The topological polar surface area (TPSA) is 130 Å². The van der Waals surface area contributed by atoms with Crippen molar-refractivity contribution in [3.05, 3.63) is 18.7 Å². The molecule has 0 atom stereocenters. The number of rotatable bonds is 3. The molecule has 2 rings (SSSR count). The van der Waals surface area contributed by atoms with Crippen LogP contribution < -0.4 is 10.5 Å². The molecule has 0 aromatic carbocycles. The fourth-order valence-corrected chi connectivity index (χ4v) is 1.91. The van der Waals surface area contributed by atoms with E-state index >= 15 is 0 Å². The number of H-pyrrole nitrogens is 2. The maximum absolute atomic E-state index is 11.6. The third kappa shape index (κ3) is 1.76. The van der Waals surface area contributed by atoms with Crippen molar-refractivity contribution in [2.24, 2.45) is 0 Å². The van der Waals surface area contributed by atoms with Gasteiger partial charge in [0.05, 0.1) is 24.4 Å². The zero-order chi connectivity index (χ0) is 10.9. The molecule has 5 N–H and O–H groups in total.